The van der Waals surface area contributed by atoms with E-state index in [0.717, 1.165) is 29.6 Å². The van der Waals surface area contributed by atoms with Crippen molar-refractivity contribution in [2.45, 2.75) is 161 Å². The monoisotopic (exact) mass is 1460 g/mol. The van der Waals surface area contributed by atoms with Gasteiger partial charge in [-0.25, -0.2) is 0 Å². The molecule has 0 saturated carbocycles. The molecule has 9 atom stereocenters. The number of halogens is 2. The Bertz CT molecular complexity index is 3230. The van der Waals surface area contributed by atoms with Crippen LogP contribution in [0.2, 0.25) is 5.02 Å². The maximum atomic E-state index is 15.5. The van der Waals surface area contributed by atoms with Crippen LogP contribution in [0.5, 0.6) is 0 Å². The fourth-order valence-corrected chi connectivity index (χ4v) is 12.4. The van der Waals surface area contributed by atoms with E-state index >= 15 is 14.4 Å². The van der Waals surface area contributed by atoms with E-state index in [9.17, 15) is 43.2 Å². The SMILES string of the molecule is CC[C@H](C)[C@@H]1NC(=O)[C@H](C)N(C)C(=O)C[C@H](C(=O)N2CCCCC2)NC(=O)[C@H](CC(C)C)N(C)C(=O)[C@H](Cc2ccccc2)N(C)C(=O)[C@H](CC(C)C)NC(=O)[C@H](Cc2cccc(I)c2)NC(=O)CN(C)C(=O)[C@H](Cc2ccc(Cl)cc2)N(C)C(=O)CN(C)C(=O)CN(C)C1=O. The lowest BCUT2D eigenvalue weighted by Crippen LogP contribution is -2.61. The number of amides is 12. The molecule has 26 heteroatoms. The second kappa shape index (κ2) is 37.2. The molecule has 0 radical (unpaired) electrons. The number of carbonyl (C=O) groups excluding carboxylic acids is 12. The van der Waals surface area contributed by atoms with Crippen molar-refractivity contribution in [3.05, 3.63) is 104 Å². The number of carbonyl (C=O) groups is 12. The van der Waals surface area contributed by atoms with Crippen LogP contribution in [0.25, 0.3) is 0 Å². The molecule has 2 heterocycles. The molecule has 4 N–H and O–H groups in total. The molecule has 2 aliphatic rings. The number of rotatable bonds is 13. The zero-order valence-corrected chi connectivity index (χ0v) is 61.1. The smallest absolute Gasteiger partial charge is 0.246 e. The van der Waals surface area contributed by atoms with Gasteiger partial charge < -0.3 is 60.5 Å². The lowest BCUT2D eigenvalue weighted by atomic mass is 9.97. The van der Waals surface area contributed by atoms with E-state index in [4.69, 9.17) is 11.6 Å². The van der Waals surface area contributed by atoms with E-state index < -0.39 is 151 Å². The lowest BCUT2D eigenvalue weighted by Gasteiger charge is -2.37. The molecule has 0 spiro atoms. The number of hydrogen-bond donors (Lipinski definition) is 4. The van der Waals surface area contributed by atoms with Gasteiger partial charge in [-0.2, -0.15) is 0 Å². The molecule has 0 unspecified atom stereocenters. The van der Waals surface area contributed by atoms with E-state index in [1.54, 1.807) is 78.6 Å². The molecule has 0 aliphatic carbocycles. The zero-order valence-electron chi connectivity index (χ0n) is 58.2. The number of piperidine rings is 1. The van der Waals surface area contributed by atoms with Crippen LogP contribution in [-0.4, -0.2) is 240 Å². The van der Waals surface area contributed by atoms with Gasteiger partial charge in [0.05, 0.1) is 26.1 Å². The molecule has 12 amide bonds. The maximum Gasteiger partial charge on any atom is 0.246 e. The summed E-state index contributed by atoms with van der Waals surface area (Å²) in [5.74, 6) is -9.07. The van der Waals surface area contributed by atoms with Gasteiger partial charge in [0.25, 0.3) is 0 Å². The van der Waals surface area contributed by atoms with Crippen LogP contribution in [0.4, 0.5) is 0 Å². The van der Waals surface area contributed by atoms with Gasteiger partial charge in [-0.3, -0.25) is 57.5 Å². The Hall–Kier alpha value is -7.68. The van der Waals surface area contributed by atoms with E-state index in [2.05, 4.69) is 43.9 Å². The van der Waals surface area contributed by atoms with E-state index in [1.165, 1.54) is 71.0 Å². The van der Waals surface area contributed by atoms with Gasteiger partial charge in [0, 0.05) is 90.3 Å². The molecular formula is C70H100ClIN12O12. The minimum absolute atomic E-state index is 0.0327. The van der Waals surface area contributed by atoms with Gasteiger partial charge in [0.2, 0.25) is 70.9 Å². The van der Waals surface area contributed by atoms with Crippen molar-refractivity contribution in [3.63, 3.8) is 0 Å². The molecule has 0 aromatic heterocycles. The Labute approximate surface area is 584 Å². The van der Waals surface area contributed by atoms with E-state index in [-0.39, 0.29) is 43.9 Å². The normalized spacial score (nSPS) is 23.9. The summed E-state index contributed by atoms with van der Waals surface area (Å²) < 4.78 is 0.840. The first kappa shape index (κ1) is 79.0. The summed E-state index contributed by atoms with van der Waals surface area (Å²) in [6.45, 7) is 11.5. The van der Waals surface area contributed by atoms with Crippen LogP contribution in [0, 0.1) is 21.3 Å². The summed E-state index contributed by atoms with van der Waals surface area (Å²) in [6.07, 6.45) is 2.09. The molecule has 2 aliphatic heterocycles. The highest BCUT2D eigenvalue weighted by molar-refractivity contribution is 14.1. The first-order valence-electron chi connectivity index (χ1n) is 33.0. The Morgan fingerprint density at radius 1 is 0.521 bits per heavy atom. The van der Waals surface area contributed by atoms with Crippen LogP contribution in [0.1, 0.15) is 110 Å². The number of benzene rings is 3. The molecule has 2 fully saturated rings. The number of nitrogens with one attached hydrogen (secondary N) is 4. The molecule has 0 bridgehead atoms. The highest BCUT2D eigenvalue weighted by Crippen LogP contribution is 2.23. The zero-order chi connectivity index (χ0) is 71.4. The third-order valence-corrected chi connectivity index (χ3v) is 19.0. The summed E-state index contributed by atoms with van der Waals surface area (Å²) in [5.41, 5.74) is 1.93. The highest BCUT2D eigenvalue weighted by atomic mass is 127. The molecule has 3 aromatic carbocycles. The standard InChI is InChI=1S/C70H100ClIN12O12/c1-15-45(6)62-70(96)79(10)41-60(87)77(8)42-61(88)81(12)56(38-48-27-29-50(71)30-28-48)68(94)78(9)40-58(85)73-52(36-49-25-22-26-51(72)35-49)64(90)74-53(33-43(2)3)66(92)83(14)57(37-47-23-18-16-19-24-47)69(95)82(13)55(34-44(4)5)65(91)75-54(67(93)84-31-20-17-21-32-84)39-59(86)80(11)46(7)63(89)76-62/h16,18-19,22-30,35,43-46,52-57,62H,15,17,20-21,31-34,36-42H2,1-14H3,(H,73,85)(H,74,90)(H,75,91)(H,76,89)/t45-,46-,52-,53-,54+,55-,56-,57-,62-/m0/s1. The lowest BCUT2D eigenvalue weighted by molar-refractivity contribution is -0.150. The molecule has 2 saturated heterocycles. The van der Waals surface area contributed by atoms with Crippen LogP contribution in [0.15, 0.2) is 78.9 Å². The number of likely N-dealkylation sites (N-methyl/N-ethyl adjacent to an activating group) is 7. The Morgan fingerprint density at radius 3 is 1.68 bits per heavy atom. The molecule has 24 nitrogen and oxygen atoms in total. The average Bonchev–Trinajstić information content (AvgIpc) is 0.829. The predicted octanol–water partition coefficient (Wildman–Crippen LogP) is 4.17. The summed E-state index contributed by atoms with van der Waals surface area (Å²) >= 11 is 8.37. The number of nitrogens with zero attached hydrogens (tertiary/aromatic N) is 8. The fraction of sp³-hybridized carbons (Fsp3) is 0.571. The highest BCUT2D eigenvalue weighted by Gasteiger charge is 2.42. The van der Waals surface area contributed by atoms with Crippen molar-refractivity contribution in [1.29, 1.82) is 0 Å². The van der Waals surface area contributed by atoms with Gasteiger partial charge >= 0.3 is 0 Å². The van der Waals surface area contributed by atoms with Crippen molar-refractivity contribution in [1.82, 2.24) is 60.5 Å². The average molecular weight is 1460 g/mol. The van der Waals surface area contributed by atoms with Crippen molar-refractivity contribution < 1.29 is 57.5 Å². The van der Waals surface area contributed by atoms with Crippen LogP contribution in [-0.2, 0) is 76.8 Å². The summed E-state index contributed by atoms with van der Waals surface area (Å²) in [4.78, 5) is 186. The van der Waals surface area contributed by atoms with Crippen molar-refractivity contribution in [2.75, 3.05) is 82.1 Å². The molecular weight excluding hydrogens is 1360 g/mol. The number of hydrogen-bond acceptors (Lipinski definition) is 12. The quantitative estimate of drug-likeness (QED) is 0.176. The third-order valence-electron chi connectivity index (χ3n) is 18.1. The largest absolute Gasteiger partial charge is 0.342 e. The van der Waals surface area contributed by atoms with Gasteiger partial charge in [0.1, 0.15) is 48.3 Å². The first-order chi connectivity index (χ1) is 45.2. The van der Waals surface area contributed by atoms with Crippen LogP contribution in [0.3, 0.4) is 0 Å². The first-order valence-corrected chi connectivity index (χ1v) is 34.5. The van der Waals surface area contributed by atoms with Crippen LogP contribution < -0.4 is 21.3 Å². The minimum atomic E-state index is -1.46. The second-order valence-electron chi connectivity index (χ2n) is 26.6. The van der Waals surface area contributed by atoms with Crippen molar-refractivity contribution in [2.24, 2.45) is 17.8 Å². The second-order valence-corrected chi connectivity index (χ2v) is 28.3. The van der Waals surface area contributed by atoms with Crippen molar-refractivity contribution in [3.8, 4) is 0 Å². The topological polar surface area (TPSA) is 279 Å². The molecule has 5 rings (SSSR count). The van der Waals surface area contributed by atoms with Gasteiger partial charge in [0.15, 0.2) is 0 Å². The van der Waals surface area contributed by atoms with E-state index in [0.29, 0.717) is 54.1 Å². The predicted molar refractivity (Wildman–Crippen MR) is 374 cm³/mol. The van der Waals surface area contributed by atoms with E-state index in [1.807, 2.05) is 46.8 Å². The van der Waals surface area contributed by atoms with Gasteiger partial charge in [-0.1, -0.05) is 114 Å². The number of likely N-dealkylation sites (tertiary alicyclic amines) is 1. The Morgan fingerprint density at radius 2 is 1.08 bits per heavy atom. The fourth-order valence-electron chi connectivity index (χ4n) is 11.7. The van der Waals surface area contributed by atoms with Gasteiger partial charge in [-0.15, -0.1) is 0 Å². The van der Waals surface area contributed by atoms with Gasteiger partial charge in [-0.05, 0) is 120 Å². The summed E-state index contributed by atoms with van der Waals surface area (Å²) in [7, 11) is 9.77. The minimum Gasteiger partial charge on any atom is -0.342 e. The summed E-state index contributed by atoms with van der Waals surface area (Å²) in [6, 6.07) is 12.6. The molecule has 3 aromatic rings. The Kier molecular flexibility index (Phi) is 30.6. The summed E-state index contributed by atoms with van der Waals surface area (Å²) in [5, 5.41) is 11.8. The van der Waals surface area contributed by atoms with Crippen LogP contribution >= 0.6 is 34.2 Å². The maximum absolute atomic E-state index is 15.5. The third kappa shape index (κ3) is 22.7. The van der Waals surface area contributed by atoms with Crippen molar-refractivity contribution >= 4 is 105 Å². The molecule has 526 valence electrons. The Balaban J connectivity index is 1.63. The molecule has 96 heavy (non-hydrogen) atoms.